The fourth-order valence-corrected chi connectivity index (χ4v) is 1.55. The molecular weight excluding hydrogens is 239 g/mol. The Morgan fingerprint density at radius 1 is 1.36 bits per heavy atom. The number of hydrogen-bond acceptors (Lipinski definition) is 4. The van der Waals surface area contributed by atoms with Crippen molar-refractivity contribution in [3.8, 4) is 0 Å². The van der Waals surface area contributed by atoms with Gasteiger partial charge < -0.3 is 4.55 Å². The molecule has 70 valence electrons. The van der Waals surface area contributed by atoms with Gasteiger partial charge in [0.15, 0.2) is 6.29 Å². The van der Waals surface area contributed by atoms with Crippen molar-refractivity contribution in [2.24, 2.45) is 0 Å². The molecule has 7 heteroatoms. The third-order valence-corrected chi connectivity index (χ3v) is 2.55. The van der Waals surface area contributed by atoms with E-state index < -0.39 is 15.0 Å². The molecule has 0 saturated carbocycles. The Kier molecular flexibility index (Phi) is 5.28. The van der Waals surface area contributed by atoms with Gasteiger partial charge in [0.05, 0.1) is 9.92 Å². The summed E-state index contributed by atoms with van der Waals surface area (Å²) < 4.78 is 31.4. The van der Waals surface area contributed by atoms with E-state index in [9.17, 15) is 17.8 Å². The predicted molar refractivity (Wildman–Crippen MR) is 44.8 cm³/mol. The van der Waals surface area contributed by atoms with Crippen molar-refractivity contribution in [1.29, 1.82) is 0 Å². The van der Waals surface area contributed by atoms with Crippen molar-refractivity contribution in [3.63, 3.8) is 0 Å². The average molecular weight is 243 g/mol. The van der Waals surface area contributed by atoms with Crippen LogP contribution in [0.25, 0.3) is 0 Å². The summed E-state index contributed by atoms with van der Waals surface area (Å²) in [4.78, 5) is 9.83. The van der Waals surface area contributed by atoms with Crippen LogP contribution in [-0.2, 0) is 10.1 Å². The maximum atomic E-state index is 10.5. The molecule has 0 aromatic heterocycles. The van der Waals surface area contributed by atoms with E-state index in [-0.39, 0.29) is 40.1 Å². The summed E-state index contributed by atoms with van der Waals surface area (Å²) in [6.45, 7) is 0. The minimum absolute atomic E-state index is 0. The average Bonchev–Trinajstić information content (AvgIpc) is 2.02. The molecule has 1 rings (SSSR count). The zero-order chi connectivity index (χ0) is 10.1. The largest absolute Gasteiger partial charge is 1.00 e. The molecular formula is C7H4ClNaO4S. The maximum Gasteiger partial charge on any atom is 1.00 e. The maximum absolute atomic E-state index is 10.5. The first kappa shape index (κ1) is 14.1. The van der Waals surface area contributed by atoms with Crippen molar-refractivity contribution in [2.45, 2.75) is 4.90 Å². The minimum atomic E-state index is -4.50. The van der Waals surface area contributed by atoms with E-state index >= 15 is 0 Å². The summed E-state index contributed by atoms with van der Waals surface area (Å²) in [7, 11) is -4.50. The van der Waals surface area contributed by atoms with E-state index in [1.54, 1.807) is 0 Å². The molecule has 0 saturated heterocycles. The molecule has 0 spiro atoms. The minimum Gasteiger partial charge on any atom is -0.744 e. The third kappa shape index (κ3) is 3.34. The Hall–Kier alpha value is 0.0900. The normalized spacial score (nSPS) is 10.4. The smallest absolute Gasteiger partial charge is 0.744 e. The number of carbonyl (C=O) groups is 1. The molecule has 0 amide bonds. The number of aldehydes is 1. The van der Waals surface area contributed by atoms with Gasteiger partial charge in [0.2, 0.25) is 0 Å². The number of carbonyl (C=O) groups excluding carboxylic acids is 1. The SMILES string of the molecule is O=Cc1ccc(S(=O)(=O)[O-])cc1Cl.[Na+]. The van der Waals surface area contributed by atoms with Crippen molar-refractivity contribution in [3.05, 3.63) is 28.8 Å². The summed E-state index contributed by atoms with van der Waals surface area (Å²) in [5.74, 6) is 0. The Morgan fingerprint density at radius 3 is 2.29 bits per heavy atom. The van der Waals surface area contributed by atoms with Crippen molar-refractivity contribution in [2.75, 3.05) is 0 Å². The summed E-state index contributed by atoms with van der Waals surface area (Å²) in [5, 5.41) is -0.0491. The van der Waals surface area contributed by atoms with Gasteiger partial charge in [0.25, 0.3) is 0 Å². The second kappa shape index (κ2) is 5.25. The quantitative estimate of drug-likeness (QED) is 0.344. The molecule has 14 heavy (non-hydrogen) atoms. The Balaban J connectivity index is 0.00000169. The van der Waals surface area contributed by atoms with Crippen LogP contribution >= 0.6 is 11.6 Å². The summed E-state index contributed by atoms with van der Waals surface area (Å²) >= 11 is 5.50. The summed E-state index contributed by atoms with van der Waals surface area (Å²) in [6.07, 6.45) is 0.476. The van der Waals surface area contributed by atoms with Crippen LogP contribution in [0, 0.1) is 0 Å². The molecule has 4 nitrogen and oxygen atoms in total. The number of benzene rings is 1. The fourth-order valence-electron chi connectivity index (χ4n) is 0.759. The van der Waals surface area contributed by atoms with Crippen LogP contribution in [0.15, 0.2) is 23.1 Å². The van der Waals surface area contributed by atoms with Crippen LogP contribution in [-0.4, -0.2) is 19.3 Å². The molecule has 1 aromatic carbocycles. The molecule has 0 radical (unpaired) electrons. The van der Waals surface area contributed by atoms with Crippen LogP contribution in [0.3, 0.4) is 0 Å². The molecule has 0 aliphatic heterocycles. The molecule has 0 aliphatic rings. The fraction of sp³-hybridized carbons (Fsp3) is 0. The van der Waals surface area contributed by atoms with Gasteiger partial charge in [0, 0.05) is 5.56 Å². The van der Waals surface area contributed by atoms with Crippen LogP contribution in [0.2, 0.25) is 5.02 Å². The predicted octanol–water partition coefficient (Wildman–Crippen LogP) is -1.94. The van der Waals surface area contributed by atoms with E-state index in [2.05, 4.69) is 0 Å². The van der Waals surface area contributed by atoms with Crippen molar-refractivity contribution >= 4 is 28.0 Å². The number of hydrogen-bond donors (Lipinski definition) is 0. The summed E-state index contributed by atoms with van der Waals surface area (Å²) in [5.41, 5.74) is 0.147. The first-order valence-electron chi connectivity index (χ1n) is 3.16. The standard InChI is InChI=1S/C7H5ClO4S.Na/c8-7-3-6(13(10,11)12)2-1-5(7)4-9;/h1-4H,(H,10,11,12);/q;+1/p-1. The van der Waals surface area contributed by atoms with E-state index in [1.807, 2.05) is 0 Å². The second-order valence-corrected chi connectivity index (χ2v) is 4.04. The van der Waals surface area contributed by atoms with Gasteiger partial charge in [-0.05, 0) is 18.2 Å². The van der Waals surface area contributed by atoms with Gasteiger partial charge >= 0.3 is 29.6 Å². The van der Waals surface area contributed by atoms with Gasteiger partial charge in [-0.15, -0.1) is 0 Å². The van der Waals surface area contributed by atoms with Gasteiger partial charge in [-0.3, -0.25) is 4.79 Å². The zero-order valence-corrected chi connectivity index (χ0v) is 10.8. The van der Waals surface area contributed by atoms with Crippen molar-refractivity contribution in [1.82, 2.24) is 0 Å². The molecule has 0 aliphatic carbocycles. The zero-order valence-electron chi connectivity index (χ0n) is 7.23. The molecule has 0 fully saturated rings. The Labute approximate surface area is 108 Å². The molecule has 0 heterocycles. The van der Waals surface area contributed by atoms with E-state index in [0.29, 0.717) is 6.29 Å². The van der Waals surface area contributed by atoms with Crippen molar-refractivity contribution < 1.29 is 47.3 Å². The van der Waals surface area contributed by atoms with Gasteiger partial charge in [-0.25, -0.2) is 8.42 Å². The molecule has 0 N–H and O–H groups in total. The van der Waals surface area contributed by atoms with Gasteiger partial charge in [-0.2, -0.15) is 0 Å². The first-order chi connectivity index (χ1) is 5.95. The monoisotopic (exact) mass is 242 g/mol. The van der Waals surface area contributed by atoms with E-state index in [4.69, 9.17) is 11.6 Å². The van der Waals surface area contributed by atoms with Crippen LogP contribution in [0.4, 0.5) is 0 Å². The van der Waals surface area contributed by atoms with E-state index in [0.717, 1.165) is 12.1 Å². The van der Waals surface area contributed by atoms with E-state index in [1.165, 1.54) is 6.07 Å². The van der Waals surface area contributed by atoms with Crippen LogP contribution in [0.1, 0.15) is 10.4 Å². The molecule has 1 aromatic rings. The molecule has 0 unspecified atom stereocenters. The van der Waals surface area contributed by atoms with Crippen LogP contribution < -0.4 is 29.6 Å². The topological polar surface area (TPSA) is 74.3 Å². The number of halogens is 1. The summed E-state index contributed by atoms with van der Waals surface area (Å²) in [6, 6.07) is 3.17. The molecule has 0 atom stereocenters. The van der Waals surface area contributed by atoms with Gasteiger partial charge in [0.1, 0.15) is 10.1 Å². The Bertz CT molecular complexity index is 443. The van der Waals surface area contributed by atoms with Gasteiger partial charge in [-0.1, -0.05) is 11.6 Å². The first-order valence-corrected chi connectivity index (χ1v) is 4.94. The second-order valence-electron chi connectivity index (χ2n) is 2.26. The number of rotatable bonds is 2. The molecule has 0 bridgehead atoms. The Morgan fingerprint density at radius 2 is 1.93 bits per heavy atom. The van der Waals surface area contributed by atoms with Crippen LogP contribution in [0.5, 0.6) is 0 Å². The third-order valence-electron chi connectivity index (χ3n) is 1.39.